The van der Waals surface area contributed by atoms with Gasteiger partial charge in [-0.05, 0) is 0 Å². The first kappa shape index (κ1) is 13.0. The van der Waals surface area contributed by atoms with E-state index in [2.05, 4.69) is 0 Å². The van der Waals surface area contributed by atoms with Crippen LogP contribution in [0.3, 0.4) is 0 Å². The molecule has 0 bridgehead atoms. The molecule has 2 atom stereocenters. The van der Waals surface area contributed by atoms with Gasteiger partial charge in [0.2, 0.25) is 0 Å². The van der Waals surface area contributed by atoms with Crippen molar-refractivity contribution >= 4 is 5.97 Å². The number of carboxylic acids is 1. The molecule has 0 saturated heterocycles. The first-order chi connectivity index (χ1) is 4.09. The Labute approximate surface area is 79.6 Å². The van der Waals surface area contributed by atoms with E-state index in [1.165, 1.54) is 0 Å². The molecule has 0 unspecified atom stereocenters. The van der Waals surface area contributed by atoms with Crippen molar-refractivity contribution in [2.24, 2.45) is 0 Å². The van der Waals surface area contributed by atoms with Crippen LogP contribution < -0.4 is 34.7 Å². The van der Waals surface area contributed by atoms with Crippen molar-refractivity contribution in [3.05, 3.63) is 0 Å². The summed E-state index contributed by atoms with van der Waals surface area (Å²) in [5.41, 5.74) is 0. The maximum Gasteiger partial charge on any atom is 1.00 e. The van der Waals surface area contributed by atoms with Gasteiger partial charge in [-0.1, -0.05) is 0 Å². The number of carbonyl (C=O) groups is 1. The predicted molar refractivity (Wildman–Crippen MR) is 24.1 cm³/mol. The van der Waals surface area contributed by atoms with Crippen LogP contribution in [0.15, 0.2) is 0 Å². The van der Waals surface area contributed by atoms with Crippen molar-refractivity contribution in [2.75, 3.05) is 6.61 Å². The average molecular weight is 158 g/mol. The van der Waals surface area contributed by atoms with Crippen molar-refractivity contribution in [1.29, 1.82) is 0 Å². The fraction of sp³-hybridized carbons (Fsp3) is 0.750. The maximum atomic E-state index is 9.67. The third-order valence-corrected chi connectivity index (χ3v) is 0.793. The van der Waals surface area contributed by atoms with Crippen LogP contribution in [-0.4, -0.2) is 40.1 Å². The minimum Gasteiger partial charge on any atom is -0.547 e. The van der Waals surface area contributed by atoms with E-state index < -0.39 is 24.8 Å². The van der Waals surface area contributed by atoms with Crippen LogP contribution in [0.5, 0.6) is 0 Å². The van der Waals surface area contributed by atoms with E-state index in [9.17, 15) is 9.90 Å². The Morgan fingerprint density at radius 1 is 1.50 bits per heavy atom. The molecule has 54 valence electrons. The summed E-state index contributed by atoms with van der Waals surface area (Å²) in [5.74, 6) is -1.79. The standard InChI is InChI=1S/C4H8O5.Na/c5-1-2(6)3(7)4(8)9;/h2-3,5-7H,1H2,(H,8,9);/q;+1/p-1/t2-,3+;/m0./s1. The first-order valence-electron chi connectivity index (χ1n) is 2.27. The molecule has 0 saturated carbocycles. The van der Waals surface area contributed by atoms with E-state index in [1.807, 2.05) is 0 Å². The molecule has 5 nitrogen and oxygen atoms in total. The van der Waals surface area contributed by atoms with E-state index in [0.717, 1.165) is 0 Å². The zero-order valence-corrected chi connectivity index (χ0v) is 7.52. The first-order valence-corrected chi connectivity index (χ1v) is 2.27. The molecule has 0 aromatic heterocycles. The largest absolute Gasteiger partial charge is 1.00 e. The SMILES string of the molecule is O=C([O-])[C@H](O)[C@@H](O)CO.[Na+]. The van der Waals surface area contributed by atoms with Gasteiger partial charge in [-0.3, -0.25) is 0 Å². The Hall–Kier alpha value is 0.350. The number of carbonyl (C=O) groups excluding carboxylic acids is 1. The number of carboxylic acid groups (broad SMARTS) is 1. The van der Waals surface area contributed by atoms with Gasteiger partial charge in [-0.2, -0.15) is 0 Å². The zero-order chi connectivity index (χ0) is 7.44. The smallest absolute Gasteiger partial charge is 0.547 e. The normalized spacial score (nSPS) is 15.1. The molecule has 0 aliphatic carbocycles. The molecule has 6 heteroatoms. The number of aliphatic hydroxyl groups excluding tert-OH is 3. The van der Waals surface area contributed by atoms with Crippen molar-refractivity contribution < 1.29 is 54.8 Å². The van der Waals surface area contributed by atoms with Crippen molar-refractivity contribution in [3.8, 4) is 0 Å². The number of hydrogen-bond donors (Lipinski definition) is 3. The Morgan fingerprint density at radius 2 is 1.90 bits per heavy atom. The van der Waals surface area contributed by atoms with Gasteiger partial charge in [-0.15, -0.1) is 0 Å². The van der Waals surface area contributed by atoms with E-state index >= 15 is 0 Å². The van der Waals surface area contributed by atoms with Gasteiger partial charge in [0.15, 0.2) is 0 Å². The molecule has 10 heavy (non-hydrogen) atoms. The summed E-state index contributed by atoms with van der Waals surface area (Å²) in [6.07, 6.45) is -3.66. The van der Waals surface area contributed by atoms with Crippen LogP contribution in [0.4, 0.5) is 0 Å². The summed E-state index contributed by atoms with van der Waals surface area (Å²) < 4.78 is 0. The van der Waals surface area contributed by atoms with Gasteiger partial charge in [0.1, 0.15) is 12.2 Å². The summed E-state index contributed by atoms with van der Waals surface area (Å²) in [4.78, 5) is 9.67. The van der Waals surface area contributed by atoms with E-state index in [4.69, 9.17) is 15.3 Å². The number of hydrogen-bond acceptors (Lipinski definition) is 5. The molecule has 0 amide bonds. The summed E-state index contributed by atoms with van der Waals surface area (Å²) in [6.45, 7) is -0.796. The quantitative estimate of drug-likeness (QED) is 0.354. The van der Waals surface area contributed by atoms with E-state index in [-0.39, 0.29) is 29.6 Å². The average Bonchev–Trinajstić information content (AvgIpc) is 1.84. The van der Waals surface area contributed by atoms with E-state index in [0.29, 0.717) is 0 Å². The summed E-state index contributed by atoms with van der Waals surface area (Å²) >= 11 is 0. The molecule has 0 aliphatic rings. The van der Waals surface area contributed by atoms with Crippen LogP contribution in [0.25, 0.3) is 0 Å². The minimum absolute atomic E-state index is 0. The Balaban J connectivity index is 0. The maximum absolute atomic E-state index is 9.67. The fourth-order valence-corrected chi connectivity index (χ4v) is 0.257. The van der Waals surface area contributed by atoms with Gasteiger partial charge in [0, 0.05) is 0 Å². The molecule has 0 aromatic carbocycles. The fourth-order valence-electron chi connectivity index (χ4n) is 0.257. The van der Waals surface area contributed by atoms with Crippen LogP contribution in [0.2, 0.25) is 0 Å². The Morgan fingerprint density at radius 3 is 2.00 bits per heavy atom. The minimum atomic E-state index is -2.00. The predicted octanol–water partition coefficient (Wildman–Crippen LogP) is -6.55. The third-order valence-electron chi connectivity index (χ3n) is 0.793. The van der Waals surface area contributed by atoms with Gasteiger partial charge in [-0.25, -0.2) is 0 Å². The molecule has 0 rings (SSSR count). The van der Waals surface area contributed by atoms with Gasteiger partial charge >= 0.3 is 29.6 Å². The van der Waals surface area contributed by atoms with Crippen LogP contribution in [0.1, 0.15) is 0 Å². The topological polar surface area (TPSA) is 101 Å². The molecule has 0 aromatic rings. The van der Waals surface area contributed by atoms with Crippen molar-refractivity contribution in [1.82, 2.24) is 0 Å². The van der Waals surface area contributed by atoms with Crippen LogP contribution in [0, 0.1) is 0 Å². The van der Waals surface area contributed by atoms with Gasteiger partial charge in [0.25, 0.3) is 0 Å². The molecule has 0 fully saturated rings. The molecule has 0 radical (unpaired) electrons. The summed E-state index contributed by atoms with van der Waals surface area (Å²) in [7, 11) is 0. The Kier molecular flexibility index (Phi) is 7.90. The third kappa shape index (κ3) is 4.21. The second kappa shape index (κ2) is 6.09. The van der Waals surface area contributed by atoms with Crippen molar-refractivity contribution in [2.45, 2.75) is 12.2 Å². The molecule has 3 N–H and O–H groups in total. The summed E-state index contributed by atoms with van der Waals surface area (Å²) in [5, 5.41) is 34.4. The second-order valence-electron chi connectivity index (χ2n) is 1.51. The Bertz CT molecular complexity index is 106. The second-order valence-corrected chi connectivity index (χ2v) is 1.51. The zero-order valence-electron chi connectivity index (χ0n) is 5.52. The van der Waals surface area contributed by atoms with Crippen molar-refractivity contribution in [3.63, 3.8) is 0 Å². The molecular formula is C4H7NaO5. The van der Waals surface area contributed by atoms with E-state index in [1.54, 1.807) is 0 Å². The monoisotopic (exact) mass is 158 g/mol. The molecule has 0 aliphatic heterocycles. The van der Waals surface area contributed by atoms with Gasteiger partial charge in [0.05, 0.1) is 12.6 Å². The number of aliphatic carboxylic acids is 1. The molecule has 0 heterocycles. The number of aliphatic hydroxyl groups is 3. The summed E-state index contributed by atoms with van der Waals surface area (Å²) in [6, 6.07) is 0. The van der Waals surface area contributed by atoms with Crippen LogP contribution >= 0.6 is 0 Å². The molecular weight excluding hydrogens is 151 g/mol. The van der Waals surface area contributed by atoms with Gasteiger partial charge < -0.3 is 25.2 Å². The number of rotatable bonds is 3. The van der Waals surface area contributed by atoms with Crippen LogP contribution in [-0.2, 0) is 4.79 Å². The molecule has 0 spiro atoms.